The molecular weight excluding hydrogens is 509 g/mol. The molecule has 0 bridgehead atoms. The number of nitrogens with zero attached hydrogens (tertiary/aromatic N) is 2. The van der Waals surface area contributed by atoms with Crippen LogP contribution in [0.5, 0.6) is 0 Å². The van der Waals surface area contributed by atoms with E-state index in [1.807, 2.05) is 17.0 Å². The van der Waals surface area contributed by atoms with Gasteiger partial charge in [0.15, 0.2) is 0 Å². The summed E-state index contributed by atoms with van der Waals surface area (Å²) in [6.45, 7) is 6.06. The number of carbonyl (C=O) groups is 1. The summed E-state index contributed by atoms with van der Waals surface area (Å²) in [4.78, 5) is 17.8. The molecule has 1 aromatic carbocycles. The van der Waals surface area contributed by atoms with Crippen LogP contribution in [0.3, 0.4) is 0 Å². The van der Waals surface area contributed by atoms with Gasteiger partial charge in [-0.05, 0) is 25.2 Å². The molecule has 6 heteroatoms. The van der Waals surface area contributed by atoms with Gasteiger partial charge in [0, 0.05) is 6.20 Å². The summed E-state index contributed by atoms with van der Waals surface area (Å²) in [5, 5.41) is 0. The Labute approximate surface area is 165 Å². The predicted octanol–water partition coefficient (Wildman–Crippen LogP) is 2.82. The molecule has 3 nitrogen and oxygen atoms in total. The fraction of sp³-hybridized carbons (Fsp3) is 0.294. The van der Waals surface area contributed by atoms with Gasteiger partial charge in [-0.3, -0.25) is 4.98 Å². The Kier molecular flexibility index (Phi) is 12.5. The second kappa shape index (κ2) is 12.8. The second-order valence-electron chi connectivity index (χ2n) is 4.35. The molecule has 0 saturated carbocycles. The SMILES string of the molecule is CCN(CC)C([S-])[S-].O=C(c1[c-]cccc1)c1ccccn1.[Au+3]. The fourth-order valence-corrected chi connectivity index (χ4v) is 2.29. The number of pyridine rings is 1. The van der Waals surface area contributed by atoms with Gasteiger partial charge in [-0.25, -0.2) is 4.71 Å². The van der Waals surface area contributed by atoms with Crippen molar-refractivity contribution in [2.24, 2.45) is 0 Å². The summed E-state index contributed by atoms with van der Waals surface area (Å²) >= 11 is 9.68. The second-order valence-corrected chi connectivity index (χ2v) is 5.54. The van der Waals surface area contributed by atoms with Crippen molar-refractivity contribution in [3.8, 4) is 0 Å². The van der Waals surface area contributed by atoms with Gasteiger partial charge < -0.3 is 35.0 Å². The maximum absolute atomic E-state index is 11.8. The van der Waals surface area contributed by atoms with Gasteiger partial charge in [0.2, 0.25) is 0 Å². The molecule has 126 valence electrons. The first-order chi connectivity index (χ1) is 10.6. The maximum atomic E-state index is 11.8. The molecule has 1 heterocycles. The smallest absolute Gasteiger partial charge is 0.800 e. The van der Waals surface area contributed by atoms with E-state index in [1.54, 1.807) is 36.5 Å². The van der Waals surface area contributed by atoms with Gasteiger partial charge in [0.25, 0.3) is 0 Å². The Hall–Kier alpha value is -0.560. The first kappa shape index (κ1) is 22.4. The molecule has 2 rings (SSSR count). The number of carbonyl (C=O) groups excluding carboxylic acids is 1. The number of aromatic nitrogens is 1. The fourth-order valence-electron chi connectivity index (χ4n) is 1.69. The van der Waals surface area contributed by atoms with E-state index >= 15 is 0 Å². The third kappa shape index (κ3) is 8.20. The van der Waals surface area contributed by atoms with Crippen LogP contribution in [0.15, 0.2) is 48.7 Å². The van der Waals surface area contributed by atoms with Crippen molar-refractivity contribution in [1.29, 1.82) is 0 Å². The van der Waals surface area contributed by atoms with Gasteiger partial charge in [0.05, 0.1) is 5.69 Å². The van der Waals surface area contributed by atoms with Crippen molar-refractivity contribution in [3.05, 3.63) is 66.0 Å². The summed E-state index contributed by atoms with van der Waals surface area (Å²) in [5.41, 5.74) is 1.00. The number of rotatable bonds is 5. The van der Waals surface area contributed by atoms with Gasteiger partial charge >= 0.3 is 22.4 Å². The molecule has 0 radical (unpaired) electrons. The Morgan fingerprint density at radius 2 is 1.83 bits per heavy atom. The van der Waals surface area contributed by atoms with Crippen molar-refractivity contribution >= 4 is 31.0 Å². The standard InChI is InChI=1S/C12H8NO.C5H13NS2.Au/c14-12(10-6-2-1-3-7-10)11-8-4-5-9-13-11;1-3-6(4-2)5(7)8;/h1-6,8-9H;5,7-8H,3-4H2,1-2H3;/q-1;;+3/p-2. The Morgan fingerprint density at radius 1 is 1.17 bits per heavy atom. The topological polar surface area (TPSA) is 33.2 Å². The zero-order valence-corrected chi connectivity index (χ0v) is 16.8. The van der Waals surface area contributed by atoms with E-state index in [2.05, 4.69) is 24.9 Å². The van der Waals surface area contributed by atoms with E-state index in [9.17, 15) is 4.79 Å². The molecule has 0 N–H and O–H groups in total. The molecule has 0 unspecified atom stereocenters. The van der Waals surface area contributed by atoms with Crippen molar-refractivity contribution in [3.63, 3.8) is 0 Å². The molecule has 0 aliphatic rings. The van der Waals surface area contributed by atoms with Gasteiger partial charge in [-0.15, -0.1) is 35.9 Å². The molecule has 0 aliphatic heterocycles. The predicted molar refractivity (Wildman–Crippen MR) is 94.4 cm³/mol. The van der Waals surface area contributed by atoms with Crippen LogP contribution in [0.1, 0.15) is 29.9 Å². The zero-order valence-electron chi connectivity index (χ0n) is 13.0. The largest absolute Gasteiger partial charge is 3.00 e. The number of hydrogen-bond acceptors (Lipinski definition) is 5. The van der Waals surface area contributed by atoms with Crippen LogP contribution >= 0.6 is 0 Å². The van der Waals surface area contributed by atoms with E-state index < -0.39 is 0 Å². The van der Waals surface area contributed by atoms with E-state index in [1.165, 1.54) is 0 Å². The first-order valence-electron chi connectivity index (χ1n) is 7.08. The van der Waals surface area contributed by atoms with Gasteiger partial charge in [-0.2, -0.15) is 0 Å². The number of benzene rings is 1. The Bertz CT molecular complexity index is 508. The first-order valence-corrected chi connectivity index (χ1v) is 8.02. The third-order valence-electron chi connectivity index (χ3n) is 2.96. The number of hydrogen-bond donors (Lipinski definition) is 0. The van der Waals surface area contributed by atoms with Crippen LogP contribution < -0.4 is 0 Å². The van der Waals surface area contributed by atoms with Crippen molar-refractivity contribution in [1.82, 2.24) is 9.88 Å². The van der Waals surface area contributed by atoms with E-state index in [4.69, 9.17) is 25.3 Å². The maximum Gasteiger partial charge on any atom is 3.00 e. The summed E-state index contributed by atoms with van der Waals surface area (Å²) in [7, 11) is 0. The molecule has 0 spiro atoms. The average Bonchev–Trinajstić information content (AvgIpc) is 2.57. The summed E-state index contributed by atoms with van der Waals surface area (Å²) in [6, 6.07) is 15.2. The molecule has 2 aromatic rings. The van der Waals surface area contributed by atoms with Crippen LogP contribution in [0.4, 0.5) is 0 Å². The van der Waals surface area contributed by atoms with Crippen LogP contribution in [-0.2, 0) is 47.6 Å². The monoisotopic (exact) mass is 528 g/mol. The Balaban J connectivity index is 0.000000469. The number of ketones is 1. The quantitative estimate of drug-likeness (QED) is 0.258. The van der Waals surface area contributed by atoms with Crippen molar-refractivity contribution in [2.75, 3.05) is 13.1 Å². The summed E-state index contributed by atoms with van der Waals surface area (Å²) in [6.07, 6.45) is 1.61. The van der Waals surface area contributed by atoms with Gasteiger partial charge in [-0.1, -0.05) is 19.9 Å². The minimum absolute atomic E-state index is 0. The van der Waals surface area contributed by atoms with Crippen LogP contribution in [0.25, 0.3) is 0 Å². The third-order valence-corrected chi connectivity index (χ3v) is 3.56. The Morgan fingerprint density at radius 3 is 2.22 bits per heavy atom. The summed E-state index contributed by atoms with van der Waals surface area (Å²) < 4.78 is -0.120. The zero-order chi connectivity index (χ0) is 16.4. The van der Waals surface area contributed by atoms with Crippen LogP contribution in [-0.4, -0.2) is 33.5 Å². The van der Waals surface area contributed by atoms with E-state index in [0.29, 0.717) is 11.3 Å². The normalized spacial score (nSPS) is 9.83. The molecule has 0 aliphatic carbocycles. The molecule has 1 aromatic heterocycles. The average molecular weight is 528 g/mol. The molecule has 0 atom stereocenters. The molecule has 0 amide bonds. The summed E-state index contributed by atoms with van der Waals surface area (Å²) in [5.74, 6) is -0.0915. The van der Waals surface area contributed by atoms with E-state index in [0.717, 1.165) is 13.1 Å². The molecule has 0 fully saturated rings. The molecular formula is C17H19AuN2OS2. The van der Waals surface area contributed by atoms with Crippen molar-refractivity contribution in [2.45, 2.75) is 18.6 Å². The molecule has 23 heavy (non-hydrogen) atoms. The van der Waals surface area contributed by atoms with Crippen LogP contribution in [0.2, 0.25) is 0 Å². The van der Waals surface area contributed by atoms with Crippen molar-refractivity contribution < 1.29 is 27.2 Å². The minimum atomic E-state index is -0.120. The molecule has 0 saturated heterocycles. The van der Waals surface area contributed by atoms with E-state index in [-0.39, 0.29) is 32.9 Å². The minimum Gasteiger partial charge on any atom is -0.800 e. The van der Waals surface area contributed by atoms with Crippen LogP contribution in [0, 0.1) is 6.07 Å². The van der Waals surface area contributed by atoms with Gasteiger partial charge in [0.1, 0.15) is 5.78 Å².